The quantitative estimate of drug-likeness (QED) is 0.841. The van der Waals surface area contributed by atoms with Crippen LogP contribution in [0.2, 0.25) is 0 Å². The van der Waals surface area contributed by atoms with Crippen molar-refractivity contribution in [3.8, 4) is 0 Å². The van der Waals surface area contributed by atoms with Crippen molar-refractivity contribution in [2.45, 2.75) is 65.0 Å². The third-order valence-electron chi connectivity index (χ3n) is 4.29. The number of aromatic nitrogens is 2. The minimum Gasteiger partial charge on any atom is -0.360 e. The number of nitrogens with zero attached hydrogens (tertiary/aromatic N) is 2. The molecule has 0 bridgehead atoms. The largest absolute Gasteiger partial charge is 0.360 e. The van der Waals surface area contributed by atoms with Crippen LogP contribution in [0.1, 0.15) is 62.0 Å². The van der Waals surface area contributed by atoms with Gasteiger partial charge in [-0.3, -0.25) is 4.68 Å². The number of thiocarbonyl (C=S) groups is 1. The molecule has 2 rings (SSSR count). The SMILES string of the molecule is Cc1nn(C)c(C)c1[C@@H](C)NC(=S)NC1CCCCC1. The Morgan fingerprint density at radius 3 is 2.50 bits per heavy atom. The van der Waals surface area contributed by atoms with Gasteiger partial charge >= 0.3 is 0 Å². The van der Waals surface area contributed by atoms with Crippen LogP contribution in [0.3, 0.4) is 0 Å². The summed E-state index contributed by atoms with van der Waals surface area (Å²) in [5.41, 5.74) is 3.52. The van der Waals surface area contributed by atoms with Crippen molar-refractivity contribution >= 4 is 17.3 Å². The summed E-state index contributed by atoms with van der Waals surface area (Å²) in [6.07, 6.45) is 6.47. The zero-order valence-electron chi connectivity index (χ0n) is 13.0. The minimum atomic E-state index is 0.187. The monoisotopic (exact) mass is 294 g/mol. The smallest absolute Gasteiger partial charge is 0.166 e. The number of aryl methyl sites for hydroxylation is 2. The van der Waals surface area contributed by atoms with Crippen LogP contribution in [0.4, 0.5) is 0 Å². The molecule has 2 N–H and O–H groups in total. The lowest BCUT2D eigenvalue weighted by atomic mass is 9.96. The Hall–Kier alpha value is -1.10. The molecule has 0 spiro atoms. The van der Waals surface area contributed by atoms with Crippen molar-refractivity contribution in [3.63, 3.8) is 0 Å². The van der Waals surface area contributed by atoms with Gasteiger partial charge in [0.2, 0.25) is 0 Å². The number of nitrogens with one attached hydrogen (secondary N) is 2. The zero-order valence-corrected chi connectivity index (χ0v) is 13.8. The molecule has 1 fully saturated rings. The van der Waals surface area contributed by atoms with Gasteiger partial charge in [0.1, 0.15) is 0 Å². The summed E-state index contributed by atoms with van der Waals surface area (Å²) in [6, 6.07) is 0.735. The molecule has 1 aliphatic carbocycles. The Kier molecular flexibility index (Phi) is 5.02. The van der Waals surface area contributed by atoms with E-state index >= 15 is 0 Å². The van der Waals surface area contributed by atoms with E-state index in [4.69, 9.17) is 12.2 Å². The first-order chi connectivity index (χ1) is 9.49. The first-order valence-corrected chi connectivity index (χ1v) is 7.97. The normalized spacial score (nSPS) is 17.8. The van der Waals surface area contributed by atoms with E-state index in [2.05, 4.69) is 36.5 Å². The van der Waals surface area contributed by atoms with Gasteiger partial charge in [-0.25, -0.2) is 0 Å². The average molecular weight is 294 g/mol. The summed E-state index contributed by atoms with van der Waals surface area (Å²) in [6.45, 7) is 6.30. The van der Waals surface area contributed by atoms with Gasteiger partial charge in [-0.05, 0) is 45.8 Å². The lowest BCUT2D eigenvalue weighted by Gasteiger charge is -2.26. The number of hydrogen-bond acceptors (Lipinski definition) is 2. The van der Waals surface area contributed by atoms with Gasteiger partial charge in [-0.1, -0.05) is 19.3 Å². The van der Waals surface area contributed by atoms with Crippen molar-refractivity contribution in [2.24, 2.45) is 7.05 Å². The molecule has 0 radical (unpaired) electrons. The molecule has 0 saturated heterocycles. The summed E-state index contributed by atoms with van der Waals surface area (Å²) < 4.78 is 1.93. The molecule has 1 aliphatic rings. The van der Waals surface area contributed by atoms with Crippen LogP contribution >= 0.6 is 12.2 Å². The second-order valence-corrected chi connectivity index (χ2v) is 6.29. The maximum atomic E-state index is 5.45. The van der Waals surface area contributed by atoms with E-state index in [0.717, 1.165) is 10.8 Å². The van der Waals surface area contributed by atoms with Crippen LogP contribution in [0.25, 0.3) is 0 Å². The fourth-order valence-electron chi connectivity index (χ4n) is 3.16. The van der Waals surface area contributed by atoms with Crippen molar-refractivity contribution in [3.05, 3.63) is 17.0 Å². The molecule has 112 valence electrons. The highest BCUT2D eigenvalue weighted by Gasteiger charge is 2.19. The maximum Gasteiger partial charge on any atom is 0.166 e. The summed E-state index contributed by atoms with van der Waals surface area (Å²) in [4.78, 5) is 0. The van der Waals surface area contributed by atoms with Gasteiger partial charge in [-0.2, -0.15) is 5.10 Å². The summed E-state index contributed by atoms with van der Waals surface area (Å²) >= 11 is 5.45. The van der Waals surface area contributed by atoms with E-state index in [1.807, 2.05) is 11.7 Å². The second kappa shape index (κ2) is 6.57. The van der Waals surface area contributed by atoms with E-state index in [9.17, 15) is 0 Å². The van der Waals surface area contributed by atoms with Gasteiger partial charge in [0.15, 0.2) is 5.11 Å². The Balaban J connectivity index is 1.93. The molecular formula is C15H26N4S. The third-order valence-corrected chi connectivity index (χ3v) is 4.52. The second-order valence-electron chi connectivity index (χ2n) is 5.88. The highest BCUT2D eigenvalue weighted by atomic mass is 32.1. The van der Waals surface area contributed by atoms with Crippen molar-refractivity contribution in [2.75, 3.05) is 0 Å². The maximum absolute atomic E-state index is 5.45. The summed E-state index contributed by atoms with van der Waals surface area (Å²) in [5, 5.41) is 12.1. The van der Waals surface area contributed by atoms with Crippen molar-refractivity contribution < 1.29 is 0 Å². The predicted molar refractivity (Wildman–Crippen MR) is 86.8 cm³/mol. The molecule has 1 saturated carbocycles. The third kappa shape index (κ3) is 3.51. The van der Waals surface area contributed by atoms with E-state index in [1.165, 1.54) is 43.4 Å². The molecule has 1 aromatic rings. The van der Waals surface area contributed by atoms with E-state index in [-0.39, 0.29) is 6.04 Å². The fraction of sp³-hybridized carbons (Fsp3) is 0.733. The molecule has 1 atom stereocenters. The molecule has 1 heterocycles. The first-order valence-electron chi connectivity index (χ1n) is 7.56. The van der Waals surface area contributed by atoms with Crippen LogP contribution in [0.5, 0.6) is 0 Å². The Morgan fingerprint density at radius 1 is 1.30 bits per heavy atom. The lowest BCUT2D eigenvalue weighted by molar-refractivity contribution is 0.411. The summed E-state index contributed by atoms with van der Waals surface area (Å²) in [5.74, 6) is 0. The van der Waals surface area contributed by atoms with E-state index in [0.29, 0.717) is 6.04 Å². The van der Waals surface area contributed by atoms with Crippen LogP contribution < -0.4 is 10.6 Å². The van der Waals surface area contributed by atoms with Gasteiger partial charge in [-0.15, -0.1) is 0 Å². The molecule has 0 aliphatic heterocycles. The van der Waals surface area contributed by atoms with Gasteiger partial charge in [0, 0.05) is 24.3 Å². The lowest BCUT2D eigenvalue weighted by Crippen LogP contribution is -2.43. The van der Waals surface area contributed by atoms with Crippen LogP contribution in [0.15, 0.2) is 0 Å². The molecule has 0 unspecified atom stereocenters. The highest BCUT2D eigenvalue weighted by Crippen LogP contribution is 2.21. The van der Waals surface area contributed by atoms with Crippen molar-refractivity contribution in [1.82, 2.24) is 20.4 Å². The topological polar surface area (TPSA) is 41.9 Å². The van der Waals surface area contributed by atoms with Gasteiger partial charge in [0.05, 0.1) is 11.7 Å². The predicted octanol–water partition coefficient (Wildman–Crippen LogP) is 2.89. The Labute approximate surface area is 127 Å². The van der Waals surface area contributed by atoms with Gasteiger partial charge in [0.25, 0.3) is 0 Å². The van der Waals surface area contributed by atoms with Gasteiger partial charge < -0.3 is 10.6 Å². The standard InChI is InChI=1S/C15H26N4S/c1-10(14-11(2)18-19(4)12(14)3)16-15(20)17-13-8-6-5-7-9-13/h10,13H,5-9H2,1-4H3,(H2,16,17,20)/t10-/m1/s1. The average Bonchev–Trinajstić information content (AvgIpc) is 2.64. The number of rotatable bonds is 3. The Morgan fingerprint density at radius 2 is 1.95 bits per heavy atom. The fourth-order valence-corrected chi connectivity index (χ4v) is 3.50. The summed E-state index contributed by atoms with van der Waals surface area (Å²) in [7, 11) is 1.98. The molecule has 4 nitrogen and oxygen atoms in total. The molecule has 5 heteroatoms. The molecular weight excluding hydrogens is 268 g/mol. The highest BCUT2D eigenvalue weighted by molar-refractivity contribution is 7.80. The van der Waals surface area contributed by atoms with Crippen molar-refractivity contribution in [1.29, 1.82) is 0 Å². The number of hydrogen-bond donors (Lipinski definition) is 2. The van der Waals surface area contributed by atoms with E-state index in [1.54, 1.807) is 0 Å². The molecule has 0 aromatic carbocycles. The van der Waals surface area contributed by atoms with Crippen LogP contribution in [-0.2, 0) is 7.05 Å². The Bertz CT molecular complexity index is 474. The zero-order chi connectivity index (χ0) is 14.7. The molecule has 20 heavy (non-hydrogen) atoms. The van der Waals surface area contributed by atoms with Crippen LogP contribution in [0, 0.1) is 13.8 Å². The molecule has 1 aromatic heterocycles. The minimum absolute atomic E-state index is 0.187. The van der Waals surface area contributed by atoms with E-state index < -0.39 is 0 Å². The van der Waals surface area contributed by atoms with Crippen LogP contribution in [-0.4, -0.2) is 20.9 Å². The molecule has 0 amide bonds. The first kappa shape index (κ1) is 15.3.